The summed E-state index contributed by atoms with van der Waals surface area (Å²) < 4.78 is 1.81. The predicted octanol–water partition coefficient (Wildman–Crippen LogP) is 1.94. The molecular weight excluding hydrogens is 224 g/mol. The van der Waals surface area contributed by atoms with Crippen LogP contribution in [0.3, 0.4) is 0 Å². The molecule has 0 atom stereocenters. The first kappa shape index (κ1) is 12.8. The Morgan fingerprint density at radius 3 is 2.50 bits per heavy atom. The normalized spacial score (nSPS) is 10.8. The van der Waals surface area contributed by atoms with E-state index in [2.05, 4.69) is 41.3 Å². The van der Waals surface area contributed by atoms with Crippen molar-refractivity contribution in [3.8, 4) is 11.4 Å². The van der Waals surface area contributed by atoms with Crippen LogP contribution in [-0.4, -0.2) is 21.3 Å². The Morgan fingerprint density at radius 1 is 1.17 bits per heavy atom. The van der Waals surface area contributed by atoms with Crippen LogP contribution >= 0.6 is 0 Å². The zero-order valence-corrected chi connectivity index (χ0v) is 11.1. The number of hydrogen-bond donors (Lipinski definition) is 1. The van der Waals surface area contributed by atoms with Gasteiger partial charge < -0.3 is 5.73 Å². The summed E-state index contributed by atoms with van der Waals surface area (Å²) in [7, 11) is 1.91. The third kappa shape index (κ3) is 2.76. The van der Waals surface area contributed by atoms with E-state index in [1.54, 1.807) is 0 Å². The highest BCUT2D eigenvalue weighted by molar-refractivity contribution is 5.55. The molecule has 96 valence electrons. The molecule has 0 amide bonds. The maximum absolute atomic E-state index is 5.55. The van der Waals surface area contributed by atoms with Gasteiger partial charge in [0, 0.05) is 19.0 Å². The van der Waals surface area contributed by atoms with Crippen molar-refractivity contribution in [1.29, 1.82) is 0 Å². The van der Waals surface area contributed by atoms with Gasteiger partial charge in [0.25, 0.3) is 0 Å². The molecule has 2 aromatic rings. The number of hydrogen-bond acceptors (Lipinski definition) is 3. The minimum atomic E-state index is 0.599. The molecular formula is C14H20N4. The molecule has 0 fully saturated rings. The second-order valence-electron chi connectivity index (χ2n) is 4.46. The summed E-state index contributed by atoms with van der Waals surface area (Å²) in [4.78, 5) is 4.52. The van der Waals surface area contributed by atoms with E-state index in [0.717, 1.165) is 30.1 Å². The third-order valence-electron chi connectivity index (χ3n) is 2.97. The first-order chi connectivity index (χ1) is 8.74. The maximum atomic E-state index is 5.55. The largest absolute Gasteiger partial charge is 0.330 e. The number of nitrogens with two attached hydrogens (primary N) is 1. The van der Waals surface area contributed by atoms with Gasteiger partial charge in [0.1, 0.15) is 5.82 Å². The summed E-state index contributed by atoms with van der Waals surface area (Å²) in [5.41, 5.74) is 7.97. The van der Waals surface area contributed by atoms with E-state index in [-0.39, 0.29) is 0 Å². The smallest absolute Gasteiger partial charge is 0.181 e. The van der Waals surface area contributed by atoms with Crippen LogP contribution in [-0.2, 0) is 19.9 Å². The molecule has 1 heterocycles. The maximum Gasteiger partial charge on any atom is 0.181 e. The monoisotopic (exact) mass is 244 g/mol. The molecule has 0 radical (unpaired) electrons. The van der Waals surface area contributed by atoms with Gasteiger partial charge in [-0.25, -0.2) is 4.98 Å². The van der Waals surface area contributed by atoms with Crippen molar-refractivity contribution < 1.29 is 0 Å². The van der Waals surface area contributed by atoms with Crippen molar-refractivity contribution >= 4 is 0 Å². The number of nitrogens with zero attached hydrogens (tertiary/aromatic N) is 3. The van der Waals surface area contributed by atoms with Crippen LogP contribution in [0, 0.1) is 0 Å². The van der Waals surface area contributed by atoms with Crippen LogP contribution in [0.4, 0.5) is 0 Å². The van der Waals surface area contributed by atoms with Gasteiger partial charge in [-0.1, -0.05) is 37.6 Å². The second kappa shape index (κ2) is 5.78. The molecule has 2 rings (SSSR count). The molecule has 0 aliphatic rings. The predicted molar refractivity (Wildman–Crippen MR) is 73.2 cm³/mol. The summed E-state index contributed by atoms with van der Waals surface area (Å²) in [6, 6.07) is 8.48. The first-order valence-corrected chi connectivity index (χ1v) is 6.44. The fourth-order valence-electron chi connectivity index (χ4n) is 2.00. The highest BCUT2D eigenvalue weighted by Crippen LogP contribution is 2.17. The molecule has 0 saturated heterocycles. The van der Waals surface area contributed by atoms with Gasteiger partial charge in [0.05, 0.1) is 0 Å². The van der Waals surface area contributed by atoms with Crippen molar-refractivity contribution in [2.75, 3.05) is 6.54 Å². The average Bonchev–Trinajstić information content (AvgIpc) is 2.73. The molecule has 0 bridgehead atoms. The number of aryl methyl sites for hydroxylation is 2. The molecule has 0 unspecified atom stereocenters. The second-order valence-corrected chi connectivity index (χ2v) is 4.46. The first-order valence-electron chi connectivity index (χ1n) is 6.44. The van der Waals surface area contributed by atoms with Crippen molar-refractivity contribution in [1.82, 2.24) is 14.8 Å². The van der Waals surface area contributed by atoms with Crippen molar-refractivity contribution in [3.63, 3.8) is 0 Å². The van der Waals surface area contributed by atoms with E-state index in [0.29, 0.717) is 6.54 Å². The lowest BCUT2D eigenvalue weighted by Crippen LogP contribution is -2.08. The highest BCUT2D eigenvalue weighted by Gasteiger charge is 2.08. The lowest BCUT2D eigenvalue weighted by atomic mass is 10.1. The van der Waals surface area contributed by atoms with Gasteiger partial charge in [-0.2, -0.15) is 5.10 Å². The molecule has 4 heteroatoms. The van der Waals surface area contributed by atoms with E-state index in [9.17, 15) is 0 Å². The van der Waals surface area contributed by atoms with E-state index < -0.39 is 0 Å². The summed E-state index contributed by atoms with van der Waals surface area (Å²) in [6.45, 7) is 2.79. The van der Waals surface area contributed by atoms with Crippen LogP contribution in [0.1, 0.15) is 24.7 Å². The molecule has 18 heavy (non-hydrogen) atoms. The Morgan fingerprint density at radius 2 is 1.89 bits per heavy atom. The Bertz CT molecular complexity index is 499. The number of benzene rings is 1. The Hall–Kier alpha value is -1.68. The summed E-state index contributed by atoms with van der Waals surface area (Å²) in [5, 5.41) is 4.43. The molecule has 0 aliphatic heterocycles. The molecule has 4 nitrogen and oxygen atoms in total. The Kier molecular flexibility index (Phi) is 4.10. The topological polar surface area (TPSA) is 56.7 Å². The van der Waals surface area contributed by atoms with Gasteiger partial charge in [0.2, 0.25) is 0 Å². The van der Waals surface area contributed by atoms with Crippen LogP contribution in [0.2, 0.25) is 0 Å². The zero-order chi connectivity index (χ0) is 13.0. The molecule has 1 aromatic carbocycles. The van der Waals surface area contributed by atoms with Gasteiger partial charge in [-0.15, -0.1) is 0 Å². The van der Waals surface area contributed by atoms with E-state index in [1.807, 2.05) is 11.7 Å². The molecule has 0 saturated carbocycles. The van der Waals surface area contributed by atoms with Crippen molar-refractivity contribution in [2.24, 2.45) is 12.8 Å². The summed E-state index contributed by atoms with van der Waals surface area (Å²) in [5.74, 6) is 1.72. The fourth-order valence-corrected chi connectivity index (χ4v) is 2.00. The van der Waals surface area contributed by atoms with Crippen LogP contribution in [0.5, 0.6) is 0 Å². The molecule has 1 aromatic heterocycles. The fraction of sp³-hybridized carbons (Fsp3) is 0.429. The highest BCUT2D eigenvalue weighted by atomic mass is 15.3. The number of rotatable bonds is 5. The molecule has 2 N–H and O–H groups in total. The van der Waals surface area contributed by atoms with Crippen LogP contribution in [0.25, 0.3) is 11.4 Å². The Balaban J connectivity index is 2.22. The number of aromatic nitrogens is 3. The van der Waals surface area contributed by atoms with E-state index >= 15 is 0 Å². The van der Waals surface area contributed by atoms with Crippen molar-refractivity contribution in [3.05, 3.63) is 35.7 Å². The quantitative estimate of drug-likeness (QED) is 0.874. The van der Waals surface area contributed by atoms with Gasteiger partial charge >= 0.3 is 0 Å². The molecule has 0 aliphatic carbocycles. The third-order valence-corrected chi connectivity index (χ3v) is 2.97. The van der Waals surface area contributed by atoms with Gasteiger partial charge in [-0.05, 0) is 18.5 Å². The van der Waals surface area contributed by atoms with Gasteiger partial charge in [-0.3, -0.25) is 4.68 Å². The lowest BCUT2D eigenvalue weighted by Gasteiger charge is -1.99. The standard InChI is InChI=1S/C14H20N4/c1-3-4-11-5-7-12(8-6-11)14-16-13(9-10-15)18(2)17-14/h5-8H,3-4,9-10,15H2,1-2H3. The van der Waals surface area contributed by atoms with E-state index in [1.165, 1.54) is 12.0 Å². The van der Waals surface area contributed by atoms with E-state index in [4.69, 9.17) is 5.73 Å². The van der Waals surface area contributed by atoms with Crippen LogP contribution in [0.15, 0.2) is 24.3 Å². The summed E-state index contributed by atoms with van der Waals surface area (Å²) >= 11 is 0. The molecule has 0 spiro atoms. The zero-order valence-electron chi connectivity index (χ0n) is 11.1. The minimum absolute atomic E-state index is 0.599. The van der Waals surface area contributed by atoms with Crippen molar-refractivity contribution in [2.45, 2.75) is 26.2 Å². The van der Waals surface area contributed by atoms with Crippen LogP contribution < -0.4 is 5.73 Å². The summed E-state index contributed by atoms with van der Waals surface area (Å²) in [6.07, 6.45) is 3.05. The lowest BCUT2D eigenvalue weighted by molar-refractivity contribution is 0.697. The minimum Gasteiger partial charge on any atom is -0.330 e. The average molecular weight is 244 g/mol. The Labute approximate surface area is 108 Å². The SMILES string of the molecule is CCCc1ccc(-c2nc(CCN)n(C)n2)cc1. The van der Waals surface area contributed by atoms with Gasteiger partial charge in [0.15, 0.2) is 5.82 Å².